The first-order valence-corrected chi connectivity index (χ1v) is 8.79. The molecule has 0 bridgehead atoms. The molecule has 2 aromatic rings. The molecular formula is C20H23N3O6. The van der Waals surface area contributed by atoms with Gasteiger partial charge in [-0.05, 0) is 42.8 Å². The summed E-state index contributed by atoms with van der Waals surface area (Å²) in [6, 6.07) is 12.0. The van der Waals surface area contributed by atoms with Crippen molar-refractivity contribution in [3.63, 3.8) is 0 Å². The van der Waals surface area contributed by atoms with Crippen molar-refractivity contribution >= 4 is 18.0 Å². The molecule has 0 atom stereocenters. The number of hydrazone groups is 1. The van der Waals surface area contributed by atoms with E-state index >= 15 is 0 Å². The zero-order chi connectivity index (χ0) is 21.1. The minimum atomic E-state index is -0.607. The number of methoxy groups -OCH3 is 1. The molecule has 154 valence electrons. The zero-order valence-corrected chi connectivity index (χ0v) is 16.2. The highest BCUT2D eigenvalue weighted by atomic mass is 16.5. The van der Waals surface area contributed by atoms with Crippen LogP contribution in [0.15, 0.2) is 47.6 Å². The Hall–Kier alpha value is -3.75. The van der Waals surface area contributed by atoms with Crippen LogP contribution in [-0.4, -0.2) is 45.0 Å². The van der Waals surface area contributed by atoms with Crippen molar-refractivity contribution in [2.75, 3.05) is 26.9 Å². The van der Waals surface area contributed by atoms with Gasteiger partial charge in [-0.2, -0.15) is 5.10 Å². The summed E-state index contributed by atoms with van der Waals surface area (Å²) in [7, 11) is 1.48. The number of primary amides is 1. The van der Waals surface area contributed by atoms with Crippen molar-refractivity contribution in [2.45, 2.75) is 6.92 Å². The molecule has 0 heterocycles. The van der Waals surface area contributed by atoms with Crippen LogP contribution in [0.3, 0.4) is 0 Å². The predicted molar refractivity (Wildman–Crippen MR) is 107 cm³/mol. The third kappa shape index (κ3) is 7.06. The molecule has 0 aliphatic heterocycles. The van der Waals surface area contributed by atoms with Crippen molar-refractivity contribution in [3.8, 4) is 23.0 Å². The van der Waals surface area contributed by atoms with E-state index in [0.717, 1.165) is 0 Å². The van der Waals surface area contributed by atoms with Crippen molar-refractivity contribution in [1.29, 1.82) is 0 Å². The average molecular weight is 401 g/mol. The quantitative estimate of drug-likeness (QED) is 0.435. The fourth-order valence-electron chi connectivity index (χ4n) is 2.23. The molecule has 2 rings (SSSR count). The highest BCUT2D eigenvalue weighted by Gasteiger charge is 2.08. The van der Waals surface area contributed by atoms with Crippen molar-refractivity contribution in [2.24, 2.45) is 10.8 Å². The highest BCUT2D eigenvalue weighted by Crippen LogP contribution is 2.27. The molecule has 0 saturated carbocycles. The van der Waals surface area contributed by atoms with Gasteiger partial charge in [-0.25, -0.2) is 5.43 Å². The van der Waals surface area contributed by atoms with Gasteiger partial charge in [-0.1, -0.05) is 12.1 Å². The second kappa shape index (κ2) is 11.2. The second-order valence-corrected chi connectivity index (χ2v) is 5.63. The molecule has 0 unspecified atom stereocenters. The number of para-hydroxylation sites is 2. The Labute approximate surface area is 168 Å². The summed E-state index contributed by atoms with van der Waals surface area (Å²) < 4.78 is 21.4. The number of benzene rings is 2. The van der Waals surface area contributed by atoms with Crippen LogP contribution in [0.5, 0.6) is 23.0 Å². The Morgan fingerprint density at radius 3 is 2.34 bits per heavy atom. The Morgan fingerprint density at radius 2 is 1.69 bits per heavy atom. The second-order valence-electron chi connectivity index (χ2n) is 5.63. The monoisotopic (exact) mass is 401 g/mol. The van der Waals surface area contributed by atoms with E-state index in [-0.39, 0.29) is 13.2 Å². The summed E-state index contributed by atoms with van der Waals surface area (Å²) in [4.78, 5) is 22.8. The summed E-state index contributed by atoms with van der Waals surface area (Å²) in [6.07, 6.45) is 1.42. The number of amides is 2. The maximum Gasteiger partial charge on any atom is 0.277 e. The number of hydrogen-bond donors (Lipinski definition) is 2. The summed E-state index contributed by atoms with van der Waals surface area (Å²) in [5.41, 5.74) is 8.07. The van der Waals surface area contributed by atoms with Gasteiger partial charge in [-0.15, -0.1) is 0 Å². The molecule has 2 amide bonds. The number of nitrogens with zero attached hydrogens (tertiary/aromatic N) is 1. The van der Waals surface area contributed by atoms with Crippen LogP contribution in [0.4, 0.5) is 0 Å². The number of ether oxygens (including phenoxy) is 4. The number of carbonyl (C=O) groups excluding carboxylic acids is 2. The van der Waals surface area contributed by atoms with Crippen molar-refractivity contribution in [3.05, 3.63) is 48.0 Å². The molecular weight excluding hydrogens is 378 g/mol. The third-order valence-corrected chi connectivity index (χ3v) is 3.47. The Kier molecular flexibility index (Phi) is 8.30. The molecule has 0 aromatic heterocycles. The lowest BCUT2D eigenvalue weighted by molar-refractivity contribution is -0.123. The minimum Gasteiger partial charge on any atom is -0.493 e. The van der Waals surface area contributed by atoms with Crippen molar-refractivity contribution in [1.82, 2.24) is 5.43 Å². The normalized spacial score (nSPS) is 10.4. The van der Waals surface area contributed by atoms with Gasteiger partial charge in [0.15, 0.2) is 36.2 Å². The molecule has 29 heavy (non-hydrogen) atoms. The van der Waals surface area contributed by atoms with E-state index in [1.54, 1.807) is 36.4 Å². The molecule has 0 fully saturated rings. The number of rotatable bonds is 11. The fourth-order valence-corrected chi connectivity index (χ4v) is 2.23. The molecule has 3 N–H and O–H groups in total. The van der Waals surface area contributed by atoms with Crippen LogP contribution >= 0.6 is 0 Å². The molecule has 0 radical (unpaired) electrons. The summed E-state index contributed by atoms with van der Waals surface area (Å²) in [6.45, 7) is 1.84. The van der Waals surface area contributed by atoms with Crippen LogP contribution in [0, 0.1) is 0 Å². The van der Waals surface area contributed by atoms with E-state index in [0.29, 0.717) is 35.2 Å². The summed E-state index contributed by atoms with van der Waals surface area (Å²) >= 11 is 0. The molecule has 0 aliphatic carbocycles. The van der Waals surface area contributed by atoms with Gasteiger partial charge in [0, 0.05) is 0 Å². The maximum absolute atomic E-state index is 11.9. The van der Waals surface area contributed by atoms with Crippen LogP contribution in [0.25, 0.3) is 0 Å². The zero-order valence-electron chi connectivity index (χ0n) is 16.2. The van der Waals surface area contributed by atoms with Gasteiger partial charge < -0.3 is 24.7 Å². The molecule has 0 saturated heterocycles. The SMILES string of the molecule is CCOc1ccccc1OCC(=O)N/N=C/c1ccc(OC)c(OCC(N)=O)c1. The van der Waals surface area contributed by atoms with Crippen LogP contribution < -0.4 is 30.1 Å². The average Bonchev–Trinajstić information content (AvgIpc) is 2.72. The topological polar surface area (TPSA) is 121 Å². The molecule has 0 aliphatic rings. The van der Waals surface area contributed by atoms with E-state index < -0.39 is 11.8 Å². The largest absolute Gasteiger partial charge is 0.493 e. The van der Waals surface area contributed by atoms with Gasteiger partial charge in [0.2, 0.25) is 0 Å². The first-order valence-electron chi connectivity index (χ1n) is 8.79. The lowest BCUT2D eigenvalue weighted by Gasteiger charge is -2.11. The summed E-state index contributed by atoms with van der Waals surface area (Å²) in [5.74, 6) is 0.759. The molecule has 9 nitrogen and oxygen atoms in total. The van der Waals surface area contributed by atoms with Crippen LogP contribution in [0.2, 0.25) is 0 Å². The highest BCUT2D eigenvalue weighted by molar-refractivity contribution is 5.84. The number of nitrogens with two attached hydrogens (primary N) is 1. The first-order chi connectivity index (χ1) is 14.0. The van der Waals surface area contributed by atoms with E-state index in [1.165, 1.54) is 13.3 Å². The predicted octanol–water partition coefficient (Wildman–Crippen LogP) is 1.49. The third-order valence-electron chi connectivity index (χ3n) is 3.47. The smallest absolute Gasteiger partial charge is 0.277 e. The Balaban J connectivity index is 1.91. The maximum atomic E-state index is 11.9. The van der Waals surface area contributed by atoms with Gasteiger partial charge >= 0.3 is 0 Å². The number of carbonyl (C=O) groups is 2. The van der Waals surface area contributed by atoms with Crippen LogP contribution in [0.1, 0.15) is 12.5 Å². The van der Waals surface area contributed by atoms with Gasteiger partial charge in [-0.3, -0.25) is 9.59 Å². The molecule has 9 heteroatoms. The van der Waals surface area contributed by atoms with Gasteiger partial charge in [0.25, 0.3) is 11.8 Å². The lowest BCUT2D eigenvalue weighted by Crippen LogP contribution is -2.24. The van der Waals surface area contributed by atoms with E-state index in [2.05, 4.69) is 10.5 Å². The van der Waals surface area contributed by atoms with E-state index in [9.17, 15) is 9.59 Å². The van der Waals surface area contributed by atoms with E-state index in [1.807, 2.05) is 13.0 Å². The number of nitrogens with one attached hydrogen (secondary N) is 1. The fraction of sp³-hybridized carbons (Fsp3) is 0.250. The number of hydrogen-bond acceptors (Lipinski definition) is 7. The summed E-state index contributed by atoms with van der Waals surface area (Å²) in [5, 5.41) is 3.88. The van der Waals surface area contributed by atoms with Gasteiger partial charge in [0.05, 0.1) is 19.9 Å². The van der Waals surface area contributed by atoms with Gasteiger partial charge in [0.1, 0.15) is 0 Å². The molecule has 0 spiro atoms. The Bertz CT molecular complexity index is 869. The standard InChI is InChI=1S/C20H23N3O6/c1-3-27-16-6-4-5-7-17(16)29-13-20(25)23-22-11-14-8-9-15(26-2)18(10-14)28-12-19(21)24/h4-11H,3,12-13H2,1-2H3,(H2,21,24)(H,23,25)/b22-11+. The Morgan fingerprint density at radius 1 is 1.00 bits per heavy atom. The first kappa shape index (κ1) is 21.5. The van der Waals surface area contributed by atoms with Crippen molar-refractivity contribution < 1.29 is 28.5 Å². The lowest BCUT2D eigenvalue weighted by atomic mass is 10.2. The molecule has 2 aromatic carbocycles. The van der Waals surface area contributed by atoms with E-state index in [4.69, 9.17) is 24.7 Å². The van der Waals surface area contributed by atoms with Crippen LogP contribution in [-0.2, 0) is 9.59 Å². The minimum absolute atomic E-state index is 0.225.